The molecule has 0 heterocycles. The van der Waals surface area contributed by atoms with Crippen molar-refractivity contribution in [3.63, 3.8) is 0 Å². The van der Waals surface area contributed by atoms with Gasteiger partial charge in [0.1, 0.15) is 5.75 Å². The van der Waals surface area contributed by atoms with Gasteiger partial charge in [-0.1, -0.05) is 6.07 Å². The molecule has 2 rings (SSSR count). The van der Waals surface area contributed by atoms with Gasteiger partial charge in [-0.3, -0.25) is 4.79 Å². The normalized spacial score (nSPS) is 22.1. The van der Waals surface area contributed by atoms with Gasteiger partial charge in [-0.25, -0.2) is 0 Å². The molecule has 1 aromatic carbocycles. The Hall–Kier alpha value is -1.55. The Labute approximate surface area is 101 Å². The van der Waals surface area contributed by atoms with E-state index in [2.05, 4.69) is 5.32 Å². The predicted molar refractivity (Wildman–Crippen MR) is 67.2 cm³/mol. The number of carbonyl (C=O) groups is 1. The van der Waals surface area contributed by atoms with Gasteiger partial charge >= 0.3 is 0 Å². The van der Waals surface area contributed by atoms with Crippen LogP contribution < -0.4 is 15.8 Å². The second kappa shape index (κ2) is 4.75. The van der Waals surface area contributed by atoms with Crippen LogP contribution in [0.25, 0.3) is 0 Å². The fourth-order valence-electron chi connectivity index (χ4n) is 1.94. The van der Waals surface area contributed by atoms with Crippen molar-refractivity contribution in [3.8, 4) is 5.75 Å². The molecule has 2 atom stereocenters. The van der Waals surface area contributed by atoms with Crippen molar-refractivity contribution in [1.29, 1.82) is 0 Å². The molecule has 1 aromatic rings. The lowest BCUT2D eigenvalue weighted by Crippen LogP contribution is -2.09. The van der Waals surface area contributed by atoms with E-state index in [-0.39, 0.29) is 11.9 Å². The van der Waals surface area contributed by atoms with Gasteiger partial charge in [0.15, 0.2) is 0 Å². The number of amides is 1. The fourth-order valence-corrected chi connectivity index (χ4v) is 1.94. The largest absolute Gasteiger partial charge is 0.492 e. The lowest BCUT2D eigenvalue weighted by molar-refractivity contribution is -0.114. The highest BCUT2D eigenvalue weighted by atomic mass is 16.5. The first-order chi connectivity index (χ1) is 8.11. The average molecular weight is 234 g/mol. The van der Waals surface area contributed by atoms with E-state index in [1.807, 2.05) is 25.1 Å². The van der Waals surface area contributed by atoms with Gasteiger partial charge in [-0.05, 0) is 31.0 Å². The third kappa shape index (κ3) is 2.77. The Balaban J connectivity index is 2.25. The van der Waals surface area contributed by atoms with Crippen molar-refractivity contribution in [2.45, 2.75) is 32.2 Å². The summed E-state index contributed by atoms with van der Waals surface area (Å²) in [7, 11) is 0. The van der Waals surface area contributed by atoms with Crippen molar-refractivity contribution in [2.24, 2.45) is 5.73 Å². The number of benzene rings is 1. The van der Waals surface area contributed by atoms with Crippen molar-refractivity contribution < 1.29 is 9.53 Å². The second-order valence-corrected chi connectivity index (χ2v) is 4.38. The quantitative estimate of drug-likeness (QED) is 0.835. The number of hydrogen-bond donors (Lipinski definition) is 2. The predicted octanol–water partition coefficient (Wildman–Crippen LogP) is 1.86. The zero-order valence-electron chi connectivity index (χ0n) is 10.2. The molecule has 3 N–H and O–H groups in total. The summed E-state index contributed by atoms with van der Waals surface area (Å²) < 4.78 is 5.47. The second-order valence-electron chi connectivity index (χ2n) is 4.38. The zero-order chi connectivity index (χ0) is 12.4. The van der Waals surface area contributed by atoms with Crippen LogP contribution in [0.2, 0.25) is 0 Å². The number of nitrogens with one attached hydrogen (secondary N) is 1. The van der Waals surface area contributed by atoms with Crippen molar-refractivity contribution in [2.75, 3.05) is 11.9 Å². The fraction of sp³-hybridized carbons (Fsp3) is 0.462. The van der Waals surface area contributed by atoms with Crippen molar-refractivity contribution in [3.05, 3.63) is 23.8 Å². The number of carbonyl (C=O) groups excluding carboxylic acids is 1. The van der Waals surface area contributed by atoms with Crippen LogP contribution >= 0.6 is 0 Å². The number of hydrogen-bond acceptors (Lipinski definition) is 3. The van der Waals surface area contributed by atoms with Crippen LogP contribution in [0.5, 0.6) is 5.75 Å². The Morgan fingerprint density at radius 2 is 2.29 bits per heavy atom. The molecule has 17 heavy (non-hydrogen) atoms. The van der Waals surface area contributed by atoms with E-state index >= 15 is 0 Å². The number of nitrogens with two attached hydrogens (primary N) is 1. The minimum Gasteiger partial charge on any atom is -0.492 e. The van der Waals surface area contributed by atoms with Gasteiger partial charge in [-0.2, -0.15) is 0 Å². The molecule has 4 heteroatoms. The highest BCUT2D eigenvalue weighted by Gasteiger charge is 2.35. The molecule has 2 unspecified atom stereocenters. The first kappa shape index (κ1) is 11.9. The maximum absolute atomic E-state index is 11.1. The standard InChI is InChI=1S/C13H18N2O2/c1-3-17-13-5-4-9(10-7-11(10)14)6-12(13)15-8(2)16/h4-6,10-11H,3,7,14H2,1-2H3,(H,15,16). The van der Waals surface area contributed by atoms with Gasteiger partial charge in [0.2, 0.25) is 5.91 Å². The Morgan fingerprint density at radius 1 is 1.59 bits per heavy atom. The molecule has 1 fully saturated rings. The van der Waals surface area contributed by atoms with E-state index in [1.54, 1.807) is 0 Å². The Bertz CT molecular complexity index is 431. The third-order valence-corrected chi connectivity index (χ3v) is 2.88. The smallest absolute Gasteiger partial charge is 0.221 e. The van der Waals surface area contributed by atoms with Crippen LogP contribution in [0.1, 0.15) is 31.7 Å². The molecule has 0 radical (unpaired) electrons. The van der Waals surface area contributed by atoms with Crippen molar-refractivity contribution >= 4 is 11.6 Å². The van der Waals surface area contributed by atoms with Crippen LogP contribution in [0.15, 0.2) is 18.2 Å². The van der Waals surface area contributed by atoms with Gasteiger partial charge in [0.05, 0.1) is 12.3 Å². The monoisotopic (exact) mass is 234 g/mol. The molecule has 92 valence electrons. The molecule has 1 aliphatic carbocycles. The van der Waals surface area contributed by atoms with Crippen LogP contribution in [0, 0.1) is 0 Å². The SMILES string of the molecule is CCOc1ccc(C2CC2N)cc1NC(C)=O. The minimum absolute atomic E-state index is 0.0943. The van der Waals surface area contributed by atoms with E-state index in [4.69, 9.17) is 10.5 Å². The topological polar surface area (TPSA) is 64.3 Å². The molecule has 0 spiro atoms. The Kier molecular flexibility index (Phi) is 3.33. The van der Waals surface area contributed by atoms with Gasteiger partial charge in [-0.15, -0.1) is 0 Å². The summed E-state index contributed by atoms with van der Waals surface area (Å²) in [6.45, 7) is 3.99. The van der Waals surface area contributed by atoms with Gasteiger partial charge in [0.25, 0.3) is 0 Å². The van der Waals surface area contributed by atoms with E-state index in [1.165, 1.54) is 12.5 Å². The maximum atomic E-state index is 11.1. The first-order valence-electron chi connectivity index (χ1n) is 5.91. The summed E-state index contributed by atoms with van der Waals surface area (Å²) in [5, 5.41) is 2.79. The maximum Gasteiger partial charge on any atom is 0.221 e. The molecule has 0 saturated heterocycles. The highest BCUT2D eigenvalue weighted by Crippen LogP contribution is 2.41. The molecule has 1 amide bonds. The van der Waals surface area contributed by atoms with E-state index in [0.717, 1.165) is 12.1 Å². The van der Waals surface area contributed by atoms with Crippen LogP contribution in [-0.4, -0.2) is 18.6 Å². The van der Waals surface area contributed by atoms with Crippen molar-refractivity contribution in [1.82, 2.24) is 0 Å². The minimum atomic E-state index is -0.0943. The molecule has 1 saturated carbocycles. The number of anilines is 1. The lowest BCUT2D eigenvalue weighted by atomic mass is 10.1. The van der Waals surface area contributed by atoms with E-state index in [0.29, 0.717) is 18.3 Å². The summed E-state index contributed by atoms with van der Waals surface area (Å²) in [4.78, 5) is 11.1. The summed E-state index contributed by atoms with van der Waals surface area (Å²) in [6, 6.07) is 6.14. The van der Waals surface area contributed by atoms with Gasteiger partial charge < -0.3 is 15.8 Å². The van der Waals surface area contributed by atoms with Gasteiger partial charge in [0, 0.05) is 18.9 Å². The van der Waals surface area contributed by atoms with Crippen LogP contribution in [0.4, 0.5) is 5.69 Å². The summed E-state index contributed by atoms with van der Waals surface area (Å²) in [5.74, 6) is 1.04. The molecular weight excluding hydrogens is 216 g/mol. The van der Waals surface area contributed by atoms with Crippen LogP contribution in [0.3, 0.4) is 0 Å². The molecule has 0 aromatic heterocycles. The van der Waals surface area contributed by atoms with E-state index < -0.39 is 0 Å². The summed E-state index contributed by atoms with van der Waals surface area (Å²) >= 11 is 0. The molecule has 0 bridgehead atoms. The van der Waals surface area contributed by atoms with Crippen LogP contribution in [-0.2, 0) is 4.79 Å². The average Bonchev–Trinajstić information content (AvgIpc) is 2.98. The number of ether oxygens (including phenoxy) is 1. The van der Waals surface area contributed by atoms with E-state index in [9.17, 15) is 4.79 Å². The number of rotatable bonds is 4. The zero-order valence-corrected chi connectivity index (χ0v) is 10.2. The molecule has 1 aliphatic rings. The highest BCUT2D eigenvalue weighted by molar-refractivity contribution is 5.90. The Morgan fingerprint density at radius 3 is 2.82 bits per heavy atom. The molecule has 0 aliphatic heterocycles. The molecular formula is C13H18N2O2. The lowest BCUT2D eigenvalue weighted by Gasteiger charge is -2.12. The third-order valence-electron chi connectivity index (χ3n) is 2.88. The summed E-state index contributed by atoms with van der Waals surface area (Å²) in [5.41, 5.74) is 7.73. The summed E-state index contributed by atoms with van der Waals surface area (Å²) in [6.07, 6.45) is 1.02. The molecule has 4 nitrogen and oxygen atoms in total. The first-order valence-corrected chi connectivity index (χ1v) is 5.91.